The van der Waals surface area contributed by atoms with Crippen molar-refractivity contribution in [1.82, 2.24) is 4.98 Å². The third-order valence-electron chi connectivity index (χ3n) is 3.73. The summed E-state index contributed by atoms with van der Waals surface area (Å²) in [4.78, 5) is 16.7. The van der Waals surface area contributed by atoms with Crippen LogP contribution in [0.25, 0.3) is 10.9 Å². The van der Waals surface area contributed by atoms with E-state index < -0.39 is 23.2 Å². The van der Waals surface area contributed by atoms with Gasteiger partial charge in [0.05, 0.1) is 28.9 Å². The van der Waals surface area contributed by atoms with Crippen LogP contribution >= 0.6 is 0 Å². The first kappa shape index (κ1) is 17.7. The number of pyridine rings is 1. The minimum absolute atomic E-state index is 0.0585. The highest BCUT2D eigenvalue weighted by Crippen LogP contribution is 2.35. The molecule has 3 aromatic rings. The van der Waals surface area contributed by atoms with E-state index in [1.165, 1.54) is 6.07 Å². The van der Waals surface area contributed by atoms with Crippen molar-refractivity contribution in [2.75, 3.05) is 11.9 Å². The molecule has 0 bridgehead atoms. The molecule has 0 aliphatic carbocycles. The maximum Gasteiger partial charge on any atom is 0.417 e. The molecule has 1 heterocycles. The molecule has 26 heavy (non-hydrogen) atoms. The van der Waals surface area contributed by atoms with Gasteiger partial charge in [-0.1, -0.05) is 18.2 Å². The number of anilines is 1. The molecule has 3 rings (SSSR count). The van der Waals surface area contributed by atoms with E-state index in [1.807, 2.05) is 0 Å². The molecular weight excluding hydrogens is 345 g/mol. The number of benzene rings is 2. The van der Waals surface area contributed by atoms with Crippen LogP contribution in [0.4, 0.5) is 18.9 Å². The summed E-state index contributed by atoms with van der Waals surface area (Å²) in [5.41, 5.74) is -0.680. The summed E-state index contributed by atoms with van der Waals surface area (Å²) in [5, 5.41) is 3.29. The Labute approximate surface area is 147 Å². The molecule has 0 aliphatic heterocycles. The van der Waals surface area contributed by atoms with Crippen LogP contribution in [0.1, 0.15) is 22.8 Å². The molecule has 0 unspecified atom stereocenters. The van der Waals surface area contributed by atoms with E-state index in [0.29, 0.717) is 11.2 Å². The Hall–Kier alpha value is -3.09. The van der Waals surface area contributed by atoms with Crippen LogP contribution < -0.4 is 10.1 Å². The minimum Gasteiger partial charge on any atom is -0.494 e. The van der Waals surface area contributed by atoms with E-state index in [1.54, 1.807) is 43.5 Å². The summed E-state index contributed by atoms with van der Waals surface area (Å²) < 4.78 is 45.2. The zero-order valence-corrected chi connectivity index (χ0v) is 13.8. The lowest BCUT2D eigenvalue weighted by molar-refractivity contribution is -0.138. The molecule has 1 amide bonds. The van der Waals surface area contributed by atoms with Crippen molar-refractivity contribution in [2.24, 2.45) is 0 Å². The number of carbonyl (C=O) groups is 1. The van der Waals surface area contributed by atoms with Gasteiger partial charge in [0.2, 0.25) is 0 Å². The number of alkyl halides is 3. The second kappa shape index (κ2) is 7.03. The summed E-state index contributed by atoms with van der Waals surface area (Å²) in [6.07, 6.45) is -3.13. The molecule has 0 fully saturated rings. The number of amides is 1. The van der Waals surface area contributed by atoms with Crippen molar-refractivity contribution >= 4 is 22.5 Å². The van der Waals surface area contributed by atoms with Crippen molar-refractivity contribution in [1.29, 1.82) is 0 Å². The smallest absolute Gasteiger partial charge is 0.417 e. The second-order valence-electron chi connectivity index (χ2n) is 5.47. The molecule has 0 spiro atoms. The Kier molecular flexibility index (Phi) is 4.79. The van der Waals surface area contributed by atoms with Gasteiger partial charge in [-0.05, 0) is 37.3 Å². The van der Waals surface area contributed by atoms with Gasteiger partial charge in [-0.25, -0.2) is 0 Å². The summed E-state index contributed by atoms with van der Waals surface area (Å²) in [7, 11) is 0. The summed E-state index contributed by atoms with van der Waals surface area (Å²) >= 11 is 0. The molecule has 0 aliphatic rings. The largest absolute Gasteiger partial charge is 0.494 e. The molecule has 0 saturated carbocycles. The van der Waals surface area contributed by atoms with Crippen molar-refractivity contribution < 1.29 is 22.7 Å². The molecule has 134 valence electrons. The van der Waals surface area contributed by atoms with E-state index in [0.717, 1.165) is 17.5 Å². The Morgan fingerprint density at radius 1 is 1.15 bits per heavy atom. The fourth-order valence-corrected chi connectivity index (χ4v) is 2.61. The van der Waals surface area contributed by atoms with Gasteiger partial charge in [0.25, 0.3) is 5.91 Å². The monoisotopic (exact) mass is 360 g/mol. The fraction of sp³-hybridized carbons (Fsp3) is 0.158. The highest BCUT2D eigenvalue weighted by atomic mass is 19.4. The lowest BCUT2D eigenvalue weighted by Gasteiger charge is -2.15. The maximum absolute atomic E-state index is 13.4. The van der Waals surface area contributed by atoms with E-state index in [-0.39, 0.29) is 12.4 Å². The Balaban J connectivity index is 1.99. The highest BCUT2D eigenvalue weighted by Gasteiger charge is 2.36. The lowest BCUT2D eigenvalue weighted by atomic mass is 10.1. The van der Waals surface area contributed by atoms with Gasteiger partial charge in [-0.15, -0.1) is 0 Å². The van der Waals surface area contributed by atoms with Gasteiger partial charge >= 0.3 is 6.18 Å². The standard InChI is InChI=1S/C19H15F3N2O2/c1-2-26-13-8-9-14(15(11-13)19(20,21)22)18(25)24-16-7-3-5-12-6-4-10-23-17(12)16/h3-11H,2H2,1H3,(H,24,25). The fourth-order valence-electron chi connectivity index (χ4n) is 2.61. The Bertz CT molecular complexity index is 950. The van der Waals surface area contributed by atoms with Crippen LogP contribution in [0, 0.1) is 0 Å². The van der Waals surface area contributed by atoms with E-state index >= 15 is 0 Å². The van der Waals surface area contributed by atoms with Crippen LogP contribution in [0.5, 0.6) is 5.75 Å². The quantitative estimate of drug-likeness (QED) is 0.720. The SMILES string of the molecule is CCOc1ccc(C(=O)Nc2cccc3cccnc23)c(C(F)(F)F)c1. The lowest BCUT2D eigenvalue weighted by Crippen LogP contribution is -2.19. The van der Waals surface area contributed by atoms with Gasteiger partial charge in [-0.3, -0.25) is 9.78 Å². The number of nitrogens with zero attached hydrogens (tertiary/aromatic N) is 1. The number of carbonyl (C=O) groups excluding carboxylic acids is 1. The first-order chi connectivity index (χ1) is 12.4. The van der Waals surface area contributed by atoms with Gasteiger partial charge in [0, 0.05) is 11.6 Å². The van der Waals surface area contributed by atoms with Gasteiger partial charge in [0.15, 0.2) is 0 Å². The number of nitrogens with one attached hydrogen (secondary N) is 1. The number of ether oxygens (including phenoxy) is 1. The molecule has 1 N–H and O–H groups in total. The summed E-state index contributed by atoms with van der Waals surface area (Å²) in [5.74, 6) is -0.804. The molecule has 0 atom stereocenters. The minimum atomic E-state index is -4.68. The van der Waals surface area contributed by atoms with Crippen molar-refractivity contribution in [3.8, 4) is 5.75 Å². The molecule has 0 radical (unpaired) electrons. The van der Waals surface area contributed by atoms with Crippen LogP contribution in [0.15, 0.2) is 54.7 Å². The number of rotatable bonds is 4. The molecule has 4 nitrogen and oxygen atoms in total. The van der Waals surface area contributed by atoms with Crippen molar-refractivity contribution in [3.63, 3.8) is 0 Å². The first-order valence-corrected chi connectivity index (χ1v) is 7.89. The number of aromatic nitrogens is 1. The van der Waals surface area contributed by atoms with Crippen LogP contribution in [-0.2, 0) is 6.18 Å². The molecule has 2 aromatic carbocycles. The number of fused-ring (bicyclic) bond motifs is 1. The highest BCUT2D eigenvalue weighted by molar-refractivity contribution is 6.09. The van der Waals surface area contributed by atoms with Crippen LogP contribution in [0.3, 0.4) is 0 Å². The molecular formula is C19H15F3N2O2. The van der Waals surface area contributed by atoms with E-state index in [4.69, 9.17) is 4.74 Å². The van der Waals surface area contributed by atoms with Gasteiger partial charge in [0.1, 0.15) is 5.75 Å². The Morgan fingerprint density at radius 2 is 1.92 bits per heavy atom. The van der Waals surface area contributed by atoms with E-state index in [2.05, 4.69) is 10.3 Å². The zero-order valence-electron chi connectivity index (χ0n) is 13.8. The molecule has 7 heteroatoms. The average Bonchev–Trinajstić information content (AvgIpc) is 2.61. The normalized spacial score (nSPS) is 11.4. The van der Waals surface area contributed by atoms with Gasteiger partial charge in [-0.2, -0.15) is 13.2 Å². The molecule has 0 saturated heterocycles. The number of halogens is 3. The zero-order chi connectivity index (χ0) is 18.7. The second-order valence-corrected chi connectivity index (χ2v) is 5.47. The predicted octanol–water partition coefficient (Wildman–Crippen LogP) is 4.90. The number of para-hydroxylation sites is 1. The third-order valence-corrected chi connectivity index (χ3v) is 3.73. The molecule has 1 aromatic heterocycles. The average molecular weight is 360 g/mol. The van der Waals surface area contributed by atoms with Crippen molar-refractivity contribution in [3.05, 3.63) is 65.9 Å². The third kappa shape index (κ3) is 3.61. The summed E-state index contributed by atoms with van der Waals surface area (Å²) in [6, 6.07) is 11.9. The Morgan fingerprint density at radius 3 is 2.65 bits per heavy atom. The van der Waals surface area contributed by atoms with E-state index in [9.17, 15) is 18.0 Å². The predicted molar refractivity (Wildman–Crippen MR) is 92.3 cm³/mol. The van der Waals surface area contributed by atoms with Crippen molar-refractivity contribution in [2.45, 2.75) is 13.1 Å². The van der Waals surface area contributed by atoms with Gasteiger partial charge < -0.3 is 10.1 Å². The van der Waals surface area contributed by atoms with Crippen LogP contribution in [0.2, 0.25) is 0 Å². The maximum atomic E-state index is 13.4. The van der Waals surface area contributed by atoms with Crippen LogP contribution in [-0.4, -0.2) is 17.5 Å². The summed E-state index contributed by atoms with van der Waals surface area (Å²) in [6.45, 7) is 1.89. The topological polar surface area (TPSA) is 51.2 Å². The number of hydrogen-bond donors (Lipinski definition) is 1. The first-order valence-electron chi connectivity index (χ1n) is 7.89. The number of hydrogen-bond acceptors (Lipinski definition) is 3.